The fourth-order valence-corrected chi connectivity index (χ4v) is 5.45. The Kier molecular flexibility index (Phi) is 6.21. The van der Waals surface area contributed by atoms with Crippen LogP contribution in [0, 0.1) is 0 Å². The monoisotopic (exact) mass is 512 g/mol. The Hall–Kier alpha value is -3.47. The molecule has 1 aromatic rings. The van der Waals surface area contributed by atoms with Crippen LogP contribution in [0.5, 0.6) is 0 Å². The number of piperidine rings is 2. The highest BCUT2D eigenvalue weighted by molar-refractivity contribution is 6.23. The third-order valence-electron chi connectivity index (χ3n) is 7.36. The number of hydrogen-bond acceptors (Lipinski definition) is 8. The van der Waals surface area contributed by atoms with Crippen LogP contribution in [0.15, 0.2) is 18.2 Å². The molecular formula is C26H32N4O7. The Morgan fingerprint density at radius 2 is 1.76 bits per heavy atom. The zero-order chi connectivity index (χ0) is 26.5. The van der Waals surface area contributed by atoms with Crippen LogP contribution in [-0.4, -0.2) is 89.6 Å². The normalized spacial score (nSPS) is 23.9. The standard InChI is InChI=1S/C26H32N4O7/c1-25(2,3)37-24(35)28-10-8-26(9-11-28)15-29(12-13-36-26)16-4-5-17-18(14-16)23(34)30(22(17)33)19-6-7-20(31)27-21(19)32/h4-5,14,19H,6-13,15H2,1-3H3,(H,27,31,32). The van der Waals surface area contributed by atoms with Crippen molar-refractivity contribution in [3.05, 3.63) is 29.3 Å². The van der Waals surface area contributed by atoms with Crippen LogP contribution >= 0.6 is 0 Å². The number of fused-ring (bicyclic) bond motifs is 1. The molecule has 5 rings (SSSR count). The summed E-state index contributed by atoms with van der Waals surface area (Å²) >= 11 is 0. The van der Waals surface area contributed by atoms with Crippen molar-refractivity contribution < 1.29 is 33.4 Å². The summed E-state index contributed by atoms with van der Waals surface area (Å²) in [4.78, 5) is 67.3. The molecule has 1 aromatic carbocycles. The molecule has 4 heterocycles. The summed E-state index contributed by atoms with van der Waals surface area (Å²) in [5, 5.41) is 2.21. The summed E-state index contributed by atoms with van der Waals surface area (Å²) in [7, 11) is 0. The quantitative estimate of drug-likeness (QED) is 0.594. The zero-order valence-electron chi connectivity index (χ0n) is 21.4. The van der Waals surface area contributed by atoms with Crippen LogP contribution in [0.3, 0.4) is 0 Å². The third-order valence-corrected chi connectivity index (χ3v) is 7.36. The van der Waals surface area contributed by atoms with Gasteiger partial charge in [-0.05, 0) is 58.2 Å². The maximum absolute atomic E-state index is 13.2. The molecule has 4 aliphatic heterocycles. The molecule has 198 valence electrons. The summed E-state index contributed by atoms with van der Waals surface area (Å²) in [5.41, 5.74) is 0.334. The zero-order valence-corrected chi connectivity index (χ0v) is 21.4. The van der Waals surface area contributed by atoms with Gasteiger partial charge in [0, 0.05) is 38.3 Å². The van der Waals surface area contributed by atoms with Gasteiger partial charge in [0.2, 0.25) is 11.8 Å². The smallest absolute Gasteiger partial charge is 0.410 e. The number of nitrogens with one attached hydrogen (secondary N) is 1. The second kappa shape index (κ2) is 9.13. The topological polar surface area (TPSA) is 126 Å². The number of hydrogen-bond donors (Lipinski definition) is 1. The van der Waals surface area contributed by atoms with Crippen LogP contribution in [0.4, 0.5) is 10.5 Å². The van der Waals surface area contributed by atoms with Gasteiger partial charge in [-0.15, -0.1) is 0 Å². The first-order valence-corrected chi connectivity index (χ1v) is 12.7. The van der Waals surface area contributed by atoms with Crippen molar-refractivity contribution >= 4 is 35.4 Å². The molecule has 1 unspecified atom stereocenters. The van der Waals surface area contributed by atoms with E-state index in [4.69, 9.17) is 9.47 Å². The molecule has 0 saturated carbocycles. The van der Waals surface area contributed by atoms with E-state index in [0.717, 1.165) is 10.6 Å². The van der Waals surface area contributed by atoms with Crippen molar-refractivity contribution in [2.75, 3.05) is 37.7 Å². The van der Waals surface area contributed by atoms with Crippen LogP contribution < -0.4 is 10.2 Å². The lowest BCUT2D eigenvalue weighted by molar-refractivity contribution is -0.136. The Balaban J connectivity index is 1.28. The van der Waals surface area contributed by atoms with E-state index in [0.29, 0.717) is 45.6 Å². The molecule has 37 heavy (non-hydrogen) atoms. The van der Waals surface area contributed by atoms with Crippen molar-refractivity contribution in [3.8, 4) is 0 Å². The molecule has 0 aromatic heterocycles. The highest BCUT2D eigenvalue weighted by Gasteiger charge is 2.46. The second-order valence-corrected chi connectivity index (χ2v) is 11.1. The van der Waals surface area contributed by atoms with Crippen LogP contribution in [0.25, 0.3) is 0 Å². The lowest BCUT2D eigenvalue weighted by Crippen LogP contribution is -2.58. The predicted molar refractivity (Wildman–Crippen MR) is 131 cm³/mol. The maximum Gasteiger partial charge on any atom is 0.410 e. The first kappa shape index (κ1) is 25.2. The Labute approximate surface area is 215 Å². The number of carbonyl (C=O) groups is 5. The number of nitrogens with zero attached hydrogens (tertiary/aromatic N) is 3. The molecule has 5 amide bonds. The fraction of sp³-hybridized carbons (Fsp3) is 0.577. The second-order valence-electron chi connectivity index (χ2n) is 11.1. The first-order valence-electron chi connectivity index (χ1n) is 12.7. The molecule has 1 atom stereocenters. The third kappa shape index (κ3) is 4.79. The minimum Gasteiger partial charge on any atom is -0.444 e. The molecule has 1 spiro atoms. The lowest BCUT2D eigenvalue weighted by atomic mass is 9.89. The highest BCUT2D eigenvalue weighted by atomic mass is 16.6. The van der Waals surface area contributed by atoms with Gasteiger partial charge in [0.05, 0.1) is 23.3 Å². The van der Waals surface area contributed by atoms with E-state index < -0.39 is 40.9 Å². The summed E-state index contributed by atoms with van der Waals surface area (Å²) in [5.74, 6) is -2.07. The van der Waals surface area contributed by atoms with Gasteiger partial charge in [0.25, 0.3) is 11.8 Å². The minimum absolute atomic E-state index is 0.0796. The van der Waals surface area contributed by atoms with Crippen LogP contribution in [-0.2, 0) is 19.1 Å². The van der Waals surface area contributed by atoms with E-state index in [1.807, 2.05) is 26.8 Å². The van der Waals surface area contributed by atoms with Gasteiger partial charge >= 0.3 is 6.09 Å². The van der Waals surface area contributed by atoms with E-state index in [2.05, 4.69) is 10.2 Å². The van der Waals surface area contributed by atoms with Crippen molar-refractivity contribution in [2.24, 2.45) is 0 Å². The summed E-state index contributed by atoms with van der Waals surface area (Å²) in [6.07, 6.45) is 1.20. The van der Waals surface area contributed by atoms with Crippen molar-refractivity contribution in [1.29, 1.82) is 0 Å². The molecule has 3 fully saturated rings. The Bertz CT molecular complexity index is 1170. The van der Waals surface area contributed by atoms with Crippen molar-refractivity contribution in [2.45, 2.75) is 63.7 Å². The molecule has 0 radical (unpaired) electrons. The number of morpholine rings is 1. The van der Waals surface area contributed by atoms with Gasteiger partial charge in [0.1, 0.15) is 11.6 Å². The van der Waals surface area contributed by atoms with Gasteiger partial charge in [-0.2, -0.15) is 0 Å². The molecule has 0 aliphatic carbocycles. The molecular weight excluding hydrogens is 480 g/mol. The summed E-state index contributed by atoms with van der Waals surface area (Å²) in [6, 6.07) is 4.16. The fourth-order valence-electron chi connectivity index (χ4n) is 5.45. The van der Waals surface area contributed by atoms with E-state index in [-0.39, 0.29) is 30.1 Å². The summed E-state index contributed by atoms with van der Waals surface area (Å²) < 4.78 is 11.7. The van der Waals surface area contributed by atoms with Crippen molar-refractivity contribution in [1.82, 2.24) is 15.1 Å². The molecule has 11 heteroatoms. The molecule has 0 bridgehead atoms. The van der Waals surface area contributed by atoms with E-state index in [9.17, 15) is 24.0 Å². The Morgan fingerprint density at radius 1 is 1.05 bits per heavy atom. The van der Waals surface area contributed by atoms with Crippen molar-refractivity contribution in [3.63, 3.8) is 0 Å². The number of ether oxygens (including phenoxy) is 2. The molecule has 3 saturated heterocycles. The SMILES string of the molecule is CC(C)(C)OC(=O)N1CCC2(CC1)CN(c1ccc3c(c1)C(=O)N(C1CCC(=O)NC1=O)C3=O)CCO2. The average molecular weight is 513 g/mol. The minimum atomic E-state index is -0.990. The number of carbonyl (C=O) groups excluding carboxylic acids is 5. The van der Waals surface area contributed by atoms with Gasteiger partial charge in [0.15, 0.2) is 0 Å². The number of benzene rings is 1. The lowest BCUT2D eigenvalue weighted by Gasteiger charge is -2.48. The number of likely N-dealkylation sites (tertiary alicyclic amines) is 1. The molecule has 11 nitrogen and oxygen atoms in total. The van der Waals surface area contributed by atoms with Crippen LogP contribution in [0.1, 0.15) is 67.2 Å². The van der Waals surface area contributed by atoms with E-state index in [1.54, 1.807) is 17.0 Å². The summed E-state index contributed by atoms with van der Waals surface area (Å²) in [6.45, 7) is 8.30. The van der Waals surface area contributed by atoms with Gasteiger partial charge in [-0.3, -0.25) is 29.4 Å². The maximum atomic E-state index is 13.2. The molecule has 1 N–H and O–H groups in total. The van der Waals surface area contributed by atoms with Gasteiger partial charge in [-0.1, -0.05) is 0 Å². The molecule has 4 aliphatic rings. The number of amides is 5. The van der Waals surface area contributed by atoms with Crippen LogP contribution in [0.2, 0.25) is 0 Å². The van der Waals surface area contributed by atoms with Gasteiger partial charge < -0.3 is 19.3 Å². The van der Waals surface area contributed by atoms with Gasteiger partial charge in [-0.25, -0.2) is 4.79 Å². The van der Waals surface area contributed by atoms with E-state index >= 15 is 0 Å². The Morgan fingerprint density at radius 3 is 2.43 bits per heavy atom. The largest absolute Gasteiger partial charge is 0.444 e. The van der Waals surface area contributed by atoms with E-state index in [1.165, 1.54) is 0 Å². The average Bonchev–Trinajstić information content (AvgIpc) is 3.08. The number of imide groups is 2. The number of anilines is 1. The highest BCUT2D eigenvalue weighted by Crippen LogP contribution is 2.35. The number of rotatable bonds is 2. The first-order chi connectivity index (χ1) is 17.5. The predicted octanol–water partition coefficient (Wildman–Crippen LogP) is 1.69.